The predicted molar refractivity (Wildman–Crippen MR) is 189 cm³/mol. The Balaban J connectivity index is 1.87. The van der Waals surface area contributed by atoms with Gasteiger partial charge in [-0.1, -0.05) is 48.8 Å². The van der Waals surface area contributed by atoms with E-state index in [1.807, 2.05) is 36.2 Å². The molecule has 0 aliphatic heterocycles. The van der Waals surface area contributed by atoms with Crippen molar-refractivity contribution >= 4 is 34.2 Å². The molecular weight excluding hydrogens is 691 g/mol. The Hall–Kier alpha value is -1.22. The fourth-order valence-corrected chi connectivity index (χ4v) is 4.83. The average molecular weight is 753 g/mol. The molecule has 0 saturated carbocycles. The maximum atomic E-state index is 12.7. The van der Waals surface area contributed by atoms with E-state index in [0.29, 0.717) is 92.2 Å². The van der Waals surface area contributed by atoms with Crippen LogP contribution in [0.5, 0.6) is 5.75 Å². The number of nitrogens with zero attached hydrogens (tertiary/aromatic N) is 1. The maximum absolute atomic E-state index is 12.7. The molecule has 1 amide bonds. The minimum Gasteiger partial charge on any atom is -0.491 e. The highest BCUT2D eigenvalue weighted by Crippen LogP contribution is 2.14. The molecule has 0 radical (unpaired) electrons. The number of carbonyl (C=O) groups excluding carboxylic acids is 1. The first-order chi connectivity index (χ1) is 22.2. The van der Waals surface area contributed by atoms with Crippen molar-refractivity contribution in [3.63, 3.8) is 0 Å². The van der Waals surface area contributed by atoms with Crippen molar-refractivity contribution in [3.8, 4) is 5.75 Å². The summed E-state index contributed by atoms with van der Waals surface area (Å²) in [6, 6.07) is 7.80. The van der Waals surface area contributed by atoms with Gasteiger partial charge in [0.2, 0.25) is 5.91 Å². The van der Waals surface area contributed by atoms with Gasteiger partial charge in [0.1, 0.15) is 12.4 Å². The summed E-state index contributed by atoms with van der Waals surface area (Å²) < 4.78 is 40.5. The third-order valence-electron chi connectivity index (χ3n) is 6.83. The first-order valence-corrected chi connectivity index (χ1v) is 18.4. The second-order valence-corrected chi connectivity index (χ2v) is 11.7. The Morgan fingerprint density at radius 1 is 0.622 bits per heavy atom. The van der Waals surface area contributed by atoms with E-state index in [1.165, 1.54) is 23.7 Å². The standard InChI is InChI=1S/C34H61IN2O8/c1-3-17-37(18-21-41-24-27-43-28-29-44-30-31-45-33-14-12-32(36-2)13-15-33)34(38)11-7-6-10-20-40-23-26-42-25-22-39-19-9-5-4-8-16-35/h12-15,36H,3-11,16-31H2,1-2H3. The second-order valence-electron chi connectivity index (χ2n) is 10.6. The number of alkyl halides is 1. The number of nitrogens with one attached hydrogen (secondary N) is 1. The fourth-order valence-electron chi connectivity index (χ4n) is 4.29. The highest BCUT2D eigenvalue weighted by Gasteiger charge is 2.12. The minimum atomic E-state index is 0.199. The van der Waals surface area contributed by atoms with Crippen LogP contribution >= 0.6 is 22.6 Å². The number of hydrogen-bond acceptors (Lipinski definition) is 9. The van der Waals surface area contributed by atoms with E-state index in [1.54, 1.807) is 0 Å². The number of benzene rings is 1. The summed E-state index contributed by atoms with van der Waals surface area (Å²) in [7, 11) is 1.89. The Kier molecular flexibility index (Phi) is 30.4. The highest BCUT2D eigenvalue weighted by molar-refractivity contribution is 14.1. The molecular formula is C34H61IN2O8. The molecule has 1 rings (SSSR count). The van der Waals surface area contributed by atoms with Crippen LogP contribution in [0.15, 0.2) is 24.3 Å². The quantitative estimate of drug-likeness (QED) is 0.0517. The zero-order chi connectivity index (χ0) is 32.5. The van der Waals surface area contributed by atoms with Gasteiger partial charge < -0.3 is 43.4 Å². The third-order valence-corrected chi connectivity index (χ3v) is 7.59. The van der Waals surface area contributed by atoms with Crippen LogP contribution in [0.4, 0.5) is 5.69 Å². The third kappa shape index (κ3) is 26.5. The molecule has 10 nitrogen and oxygen atoms in total. The van der Waals surface area contributed by atoms with Crippen molar-refractivity contribution in [2.75, 3.05) is 116 Å². The van der Waals surface area contributed by atoms with Crippen LogP contribution in [0, 0.1) is 0 Å². The molecule has 0 atom stereocenters. The number of ether oxygens (including phenoxy) is 7. The van der Waals surface area contributed by atoms with E-state index >= 15 is 0 Å². The van der Waals surface area contributed by atoms with Crippen LogP contribution in [0.2, 0.25) is 0 Å². The summed E-state index contributed by atoms with van der Waals surface area (Å²) in [4.78, 5) is 14.6. The molecule has 0 aromatic heterocycles. The van der Waals surface area contributed by atoms with E-state index in [-0.39, 0.29) is 5.91 Å². The van der Waals surface area contributed by atoms with Crippen molar-refractivity contribution in [2.24, 2.45) is 0 Å². The number of carbonyl (C=O) groups is 1. The molecule has 0 bridgehead atoms. The molecule has 45 heavy (non-hydrogen) atoms. The lowest BCUT2D eigenvalue weighted by molar-refractivity contribution is -0.132. The van der Waals surface area contributed by atoms with Gasteiger partial charge in [0.15, 0.2) is 0 Å². The van der Waals surface area contributed by atoms with Crippen LogP contribution in [-0.2, 0) is 33.2 Å². The molecule has 0 heterocycles. The molecule has 1 aromatic rings. The Labute approximate surface area is 286 Å². The van der Waals surface area contributed by atoms with Crippen molar-refractivity contribution in [3.05, 3.63) is 24.3 Å². The van der Waals surface area contributed by atoms with E-state index in [9.17, 15) is 4.79 Å². The first-order valence-electron chi connectivity index (χ1n) is 16.9. The highest BCUT2D eigenvalue weighted by atomic mass is 127. The van der Waals surface area contributed by atoms with Crippen molar-refractivity contribution < 1.29 is 38.0 Å². The van der Waals surface area contributed by atoms with E-state index < -0.39 is 0 Å². The largest absolute Gasteiger partial charge is 0.491 e. The molecule has 0 unspecified atom stereocenters. The topological polar surface area (TPSA) is 97.0 Å². The van der Waals surface area contributed by atoms with Gasteiger partial charge in [0, 0.05) is 45.5 Å². The summed E-state index contributed by atoms with van der Waals surface area (Å²) in [5.74, 6) is 1.02. The molecule has 1 aromatic carbocycles. The number of hydrogen-bond donors (Lipinski definition) is 1. The van der Waals surface area contributed by atoms with Gasteiger partial charge in [-0.05, 0) is 60.8 Å². The number of unbranched alkanes of at least 4 members (excludes halogenated alkanes) is 5. The Morgan fingerprint density at radius 2 is 1.11 bits per heavy atom. The zero-order valence-corrected chi connectivity index (χ0v) is 30.2. The minimum absolute atomic E-state index is 0.199. The lowest BCUT2D eigenvalue weighted by Crippen LogP contribution is -2.34. The number of amides is 1. The van der Waals surface area contributed by atoms with Crippen LogP contribution in [0.3, 0.4) is 0 Å². The molecule has 0 aliphatic rings. The fraction of sp³-hybridized carbons (Fsp3) is 0.794. The molecule has 0 saturated heterocycles. The monoisotopic (exact) mass is 752 g/mol. The molecule has 0 fully saturated rings. The average Bonchev–Trinajstić information content (AvgIpc) is 3.06. The van der Waals surface area contributed by atoms with Gasteiger partial charge in [-0.25, -0.2) is 0 Å². The van der Waals surface area contributed by atoms with Gasteiger partial charge in [0.05, 0.1) is 66.1 Å². The lowest BCUT2D eigenvalue weighted by atomic mass is 10.2. The van der Waals surface area contributed by atoms with Gasteiger partial charge in [0.25, 0.3) is 0 Å². The molecule has 11 heteroatoms. The molecule has 0 aliphatic carbocycles. The summed E-state index contributed by atoms with van der Waals surface area (Å²) in [6.45, 7) is 11.0. The van der Waals surface area contributed by atoms with Gasteiger partial charge in [-0.3, -0.25) is 4.79 Å². The summed E-state index contributed by atoms with van der Waals surface area (Å²) in [5, 5.41) is 3.08. The van der Waals surface area contributed by atoms with Crippen molar-refractivity contribution in [1.29, 1.82) is 0 Å². The Morgan fingerprint density at radius 3 is 1.64 bits per heavy atom. The second kappa shape index (κ2) is 32.7. The van der Waals surface area contributed by atoms with Crippen molar-refractivity contribution in [1.82, 2.24) is 4.90 Å². The summed E-state index contributed by atoms with van der Waals surface area (Å²) in [5.41, 5.74) is 1.05. The van der Waals surface area contributed by atoms with Crippen LogP contribution in [-0.4, -0.2) is 121 Å². The number of anilines is 1. The van der Waals surface area contributed by atoms with Crippen LogP contribution < -0.4 is 10.1 Å². The smallest absolute Gasteiger partial charge is 0.222 e. The van der Waals surface area contributed by atoms with Gasteiger partial charge in [-0.2, -0.15) is 0 Å². The summed E-state index contributed by atoms with van der Waals surface area (Å²) in [6.07, 6.45) is 9.30. The predicted octanol–water partition coefficient (Wildman–Crippen LogP) is 6.00. The van der Waals surface area contributed by atoms with E-state index in [2.05, 4.69) is 34.8 Å². The molecule has 1 N–H and O–H groups in total. The summed E-state index contributed by atoms with van der Waals surface area (Å²) >= 11 is 2.42. The first kappa shape index (κ1) is 41.8. The maximum Gasteiger partial charge on any atom is 0.222 e. The van der Waals surface area contributed by atoms with Crippen molar-refractivity contribution in [2.45, 2.75) is 64.7 Å². The molecule has 262 valence electrons. The van der Waals surface area contributed by atoms with E-state index in [4.69, 9.17) is 33.2 Å². The van der Waals surface area contributed by atoms with E-state index in [0.717, 1.165) is 56.7 Å². The van der Waals surface area contributed by atoms with Crippen LogP contribution in [0.25, 0.3) is 0 Å². The van der Waals surface area contributed by atoms with Crippen LogP contribution in [0.1, 0.15) is 64.7 Å². The normalized spacial score (nSPS) is 11.2. The SMILES string of the molecule is CCCN(CCOCCOCCOCCOc1ccc(NC)cc1)C(=O)CCCCCOCCOCCOCCCCCCI. The number of rotatable bonds is 34. The van der Waals surface area contributed by atoms with Gasteiger partial charge >= 0.3 is 0 Å². The lowest BCUT2D eigenvalue weighted by Gasteiger charge is -2.22. The van der Waals surface area contributed by atoms with Gasteiger partial charge in [-0.15, -0.1) is 0 Å². The zero-order valence-electron chi connectivity index (χ0n) is 28.1. The number of halogens is 1. The molecule has 0 spiro atoms. The Bertz CT molecular complexity index is 775.